The molecule has 5 rings (SSSR count). The van der Waals surface area contributed by atoms with Gasteiger partial charge in [-0.15, -0.1) is 0 Å². The largest absolute Gasteiger partial charge is 0.495 e. The molecule has 0 radical (unpaired) electrons. The second-order valence-electron chi connectivity index (χ2n) is 8.76. The van der Waals surface area contributed by atoms with Crippen molar-refractivity contribution in [2.45, 2.75) is 18.4 Å². The molecule has 8 nitrogen and oxygen atoms in total. The highest BCUT2D eigenvalue weighted by Crippen LogP contribution is 2.38. The van der Waals surface area contributed by atoms with Gasteiger partial charge >= 0.3 is 0 Å². The maximum atomic E-state index is 13.5. The van der Waals surface area contributed by atoms with E-state index < -0.39 is 11.8 Å². The predicted molar refractivity (Wildman–Crippen MR) is 149 cm³/mol. The Balaban J connectivity index is 1.41. The van der Waals surface area contributed by atoms with Crippen LogP contribution in [0.4, 0.5) is 11.4 Å². The summed E-state index contributed by atoms with van der Waals surface area (Å²) in [5.41, 5.74) is 2.85. The zero-order valence-corrected chi connectivity index (χ0v) is 22.1. The van der Waals surface area contributed by atoms with E-state index in [-0.39, 0.29) is 23.1 Å². The maximum absolute atomic E-state index is 13.5. The number of nitrogens with one attached hydrogen (secondary N) is 2. The van der Waals surface area contributed by atoms with Crippen molar-refractivity contribution < 1.29 is 23.5 Å². The van der Waals surface area contributed by atoms with Crippen LogP contribution < -0.4 is 15.4 Å². The van der Waals surface area contributed by atoms with Crippen LogP contribution >= 0.6 is 11.8 Å². The lowest BCUT2D eigenvalue weighted by atomic mass is 10.2. The molecule has 2 heterocycles. The predicted octanol–water partition coefficient (Wildman–Crippen LogP) is 5.83. The molecule has 0 saturated carbocycles. The number of anilines is 2. The molecule has 196 valence electrons. The van der Waals surface area contributed by atoms with Crippen LogP contribution in [-0.2, 0) is 16.1 Å². The monoisotopic (exact) mass is 539 g/mol. The molecule has 0 saturated heterocycles. The third kappa shape index (κ3) is 5.73. The fourth-order valence-corrected chi connectivity index (χ4v) is 4.98. The van der Waals surface area contributed by atoms with Crippen LogP contribution in [0.15, 0.2) is 111 Å². The van der Waals surface area contributed by atoms with Gasteiger partial charge < -0.3 is 19.8 Å². The molecule has 3 amide bonds. The number of nitrogens with zero attached hydrogens (tertiary/aromatic N) is 1. The fraction of sp³-hybridized carbons (Fsp3) is 0.100. The molecule has 2 N–H and O–H groups in total. The third-order valence-electron chi connectivity index (χ3n) is 6.00. The minimum Gasteiger partial charge on any atom is -0.495 e. The lowest BCUT2D eigenvalue weighted by molar-refractivity contribution is -0.138. The van der Waals surface area contributed by atoms with Crippen molar-refractivity contribution in [3.05, 3.63) is 119 Å². The van der Waals surface area contributed by atoms with E-state index in [1.807, 2.05) is 25.1 Å². The van der Waals surface area contributed by atoms with Crippen molar-refractivity contribution in [3.8, 4) is 5.75 Å². The molecule has 0 atom stereocenters. The Morgan fingerprint density at radius 1 is 0.949 bits per heavy atom. The van der Waals surface area contributed by atoms with Crippen LogP contribution in [0.2, 0.25) is 0 Å². The van der Waals surface area contributed by atoms with Crippen LogP contribution in [0, 0.1) is 6.92 Å². The van der Waals surface area contributed by atoms with Gasteiger partial charge in [0.2, 0.25) is 0 Å². The molecule has 3 aromatic carbocycles. The quantitative estimate of drug-likeness (QED) is 0.258. The number of thioether (sulfide) groups is 1. The highest BCUT2D eigenvalue weighted by molar-refractivity contribution is 8.04. The second-order valence-corrected chi connectivity index (χ2v) is 9.84. The highest BCUT2D eigenvalue weighted by atomic mass is 32.2. The fourth-order valence-electron chi connectivity index (χ4n) is 4.03. The lowest BCUT2D eigenvalue weighted by Gasteiger charge is -2.15. The number of methoxy groups -OCH3 is 1. The summed E-state index contributed by atoms with van der Waals surface area (Å²) in [6.45, 7) is 1.94. The molecule has 0 fully saturated rings. The molecule has 0 bridgehead atoms. The first-order valence-corrected chi connectivity index (χ1v) is 12.9. The topological polar surface area (TPSA) is 101 Å². The smallest absolute Gasteiger partial charge is 0.278 e. The van der Waals surface area contributed by atoms with E-state index in [0.717, 1.165) is 15.4 Å². The molecule has 0 aliphatic carbocycles. The van der Waals surface area contributed by atoms with Crippen molar-refractivity contribution in [3.63, 3.8) is 0 Å². The summed E-state index contributed by atoms with van der Waals surface area (Å²) in [6.07, 6.45) is 1.50. The number of hydrogen-bond acceptors (Lipinski definition) is 7. The Hall–Kier alpha value is -4.76. The summed E-state index contributed by atoms with van der Waals surface area (Å²) in [5.74, 6) is -0.0803. The van der Waals surface area contributed by atoms with E-state index >= 15 is 0 Å². The summed E-state index contributed by atoms with van der Waals surface area (Å²) >= 11 is 1.17. The number of carbonyl (C=O) groups is 3. The molecule has 1 aromatic heterocycles. The van der Waals surface area contributed by atoms with Gasteiger partial charge in [-0.2, -0.15) is 0 Å². The number of ether oxygens (including phenoxy) is 1. The molecule has 9 heteroatoms. The van der Waals surface area contributed by atoms with Crippen molar-refractivity contribution in [1.29, 1.82) is 0 Å². The van der Waals surface area contributed by atoms with Crippen LogP contribution in [-0.4, -0.2) is 29.7 Å². The lowest BCUT2D eigenvalue weighted by Crippen LogP contribution is -2.31. The number of benzene rings is 3. The van der Waals surface area contributed by atoms with Gasteiger partial charge in [-0.1, -0.05) is 36.0 Å². The van der Waals surface area contributed by atoms with Crippen LogP contribution in [0.3, 0.4) is 0 Å². The highest BCUT2D eigenvalue weighted by Gasteiger charge is 2.40. The number of hydrogen-bond donors (Lipinski definition) is 2. The van der Waals surface area contributed by atoms with Crippen molar-refractivity contribution in [2.75, 3.05) is 17.7 Å². The molecule has 4 aromatic rings. The van der Waals surface area contributed by atoms with Crippen LogP contribution in [0.25, 0.3) is 0 Å². The van der Waals surface area contributed by atoms with E-state index in [1.165, 1.54) is 18.0 Å². The van der Waals surface area contributed by atoms with E-state index in [0.29, 0.717) is 28.4 Å². The average molecular weight is 540 g/mol. The summed E-state index contributed by atoms with van der Waals surface area (Å²) in [6, 6.07) is 25.0. The van der Waals surface area contributed by atoms with Gasteiger partial charge in [0.1, 0.15) is 22.1 Å². The number of imide groups is 1. The molecular formula is C30H25N3O5S. The van der Waals surface area contributed by atoms with Gasteiger partial charge in [0.05, 0.1) is 25.6 Å². The minimum atomic E-state index is -0.464. The Morgan fingerprint density at radius 2 is 1.72 bits per heavy atom. The van der Waals surface area contributed by atoms with E-state index in [9.17, 15) is 14.4 Å². The van der Waals surface area contributed by atoms with Gasteiger partial charge in [-0.25, -0.2) is 0 Å². The van der Waals surface area contributed by atoms with Crippen molar-refractivity contribution >= 4 is 40.9 Å². The number of rotatable bonds is 9. The summed E-state index contributed by atoms with van der Waals surface area (Å²) in [5, 5.41) is 6.01. The normalized spacial score (nSPS) is 13.1. The van der Waals surface area contributed by atoms with E-state index in [1.54, 1.807) is 73.8 Å². The first kappa shape index (κ1) is 25.9. The third-order valence-corrected chi connectivity index (χ3v) is 7.09. The molecular weight excluding hydrogens is 514 g/mol. The SMILES string of the molecule is COc1ccc(C)cc1NC1=C(Sc2ccc(NC(=O)c3ccccc3)cc2)C(=O)N(Cc2ccco2)C1=O. The number of aryl methyl sites for hydroxylation is 1. The van der Waals surface area contributed by atoms with Crippen molar-refractivity contribution in [2.24, 2.45) is 0 Å². The molecule has 39 heavy (non-hydrogen) atoms. The summed E-state index contributed by atoms with van der Waals surface area (Å²) in [4.78, 5) is 41.6. The first-order chi connectivity index (χ1) is 18.9. The molecule has 1 aliphatic heterocycles. The summed E-state index contributed by atoms with van der Waals surface area (Å²) in [7, 11) is 1.54. The van der Waals surface area contributed by atoms with Crippen LogP contribution in [0.1, 0.15) is 21.7 Å². The zero-order valence-electron chi connectivity index (χ0n) is 21.3. The van der Waals surface area contributed by atoms with E-state index in [2.05, 4.69) is 10.6 Å². The Kier molecular flexibility index (Phi) is 7.51. The molecule has 1 aliphatic rings. The second kappa shape index (κ2) is 11.3. The van der Waals surface area contributed by atoms with Gasteiger partial charge in [0.25, 0.3) is 17.7 Å². The number of furan rings is 1. The van der Waals surface area contributed by atoms with Crippen molar-refractivity contribution in [1.82, 2.24) is 4.90 Å². The number of carbonyl (C=O) groups excluding carboxylic acids is 3. The van der Waals surface area contributed by atoms with Gasteiger partial charge in [-0.05, 0) is 73.2 Å². The van der Waals surface area contributed by atoms with Gasteiger partial charge in [0, 0.05) is 16.1 Å². The molecule has 0 unspecified atom stereocenters. The Bertz CT molecular complexity index is 1550. The standard InChI is InChI=1S/C30H25N3O5S/c1-19-10-15-25(37-2)24(17-19)32-26-27(30(36)33(29(26)35)18-22-9-6-16-38-22)39-23-13-11-21(12-14-23)31-28(34)20-7-4-3-5-8-20/h3-17,32H,18H2,1-2H3,(H,31,34). The zero-order chi connectivity index (χ0) is 27.4. The Labute approximate surface area is 229 Å². The van der Waals surface area contributed by atoms with E-state index in [4.69, 9.17) is 9.15 Å². The van der Waals surface area contributed by atoms with Crippen LogP contribution in [0.5, 0.6) is 5.75 Å². The van der Waals surface area contributed by atoms with Gasteiger partial charge in [-0.3, -0.25) is 19.3 Å². The summed E-state index contributed by atoms with van der Waals surface area (Å²) < 4.78 is 10.8. The number of amides is 3. The maximum Gasteiger partial charge on any atom is 0.278 e. The first-order valence-electron chi connectivity index (χ1n) is 12.1. The Morgan fingerprint density at radius 3 is 2.41 bits per heavy atom. The average Bonchev–Trinajstić information content (AvgIpc) is 3.54. The van der Waals surface area contributed by atoms with Gasteiger partial charge in [0.15, 0.2) is 0 Å². The minimum absolute atomic E-state index is 0.00924. The molecule has 0 spiro atoms.